The van der Waals surface area contributed by atoms with Crippen molar-refractivity contribution in [2.45, 2.75) is 91.0 Å². The third-order valence-electron chi connectivity index (χ3n) is 4.51. The van der Waals surface area contributed by atoms with Gasteiger partial charge in [0.15, 0.2) is 12.2 Å². The van der Waals surface area contributed by atoms with Gasteiger partial charge in [-0.3, -0.25) is 28.8 Å². The van der Waals surface area contributed by atoms with Gasteiger partial charge in [-0.2, -0.15) is 0 Å². The van der Waals surface area contributed by atoms with Gasteiger partial charge in [-0.05, 0) is 19.8 Å². The third kappa shape index (κ3) is 11.2. The van der Waals surface area contributed by atoms with Crippen molar-refractivity contribution in [2.75, 3.05) is 13.2 Å². The Balaban J connectivity index is 2.96. The van der Waals surface area contributed by atoms with Gasteiger partial charge >= 0.3 is 35.8 Å². The molecular weight excluding hydrogens is 472 g/mol. The van der Waals surface area contributed by atoms with E-state index in [0.29, 0.717) is 12.8 Å². The topological polar surface area (TPSA) is 167 Å². The van der Waals surface area contributed by atoms with Crippen molar-refractivity contribution in [3.05, 3.63) is 0 Å². The van der Waals surface area contributed by atoms with Crippen LogP contribution < -0.4 is 0 Å². The summed E-state index contributed by atoms with van der Waals surface area (Å²) in [6.45, 7) is 5.83. The van der Waals surface area contributed by atoms with Crippen LogP contribution in [0.4, 0.5) is 0 Å². The number of rotatable bonds is 12. The van der Waals surface area contributed by atoms with Gasteiger partial charge in [-0.25, -0.2) is 0 Å². The summed E-state index contributed by atoms with van der Waals surface area (Å²) >= 11 is 0. The van der Waals surface area contributed by atoms with E-state index < -0.39 is 67.2 Å². The summed E-state index contributed by atoms with van der Waals surface area (Å²) in [6.07, 6.45) is -6.10. The molecule has 1 aliphatic heterocycles. The van der Waals surface area contributed by atoms with Crippen molar-refractivity contribution in [1.82, 2.24) is 0 Å². The molecule has 1 rings (SSSR count). The molecule has 0 aromatic rings. The van der Waals surface area contributed by atoms with E-state index >= 15 is 0 Å². The van der Waals surface area contributed by atoms with E-state index in [2.05, 4.69) is 0 Å². The first-order chi connectivity index (χ1) is 16.4. The van der Waals surface area contributed by atoms with Crippen LogP contribution >= 0.6 is 0 Å². The maximum absolute atomic E-state index is 12.2. The fourth-order valence-electron chi connectivity index (χ4n) is 3.27. The summed E-state index contributed by atoms with van der Waals surface area (Å²) in [5.41, 5.74) is 0. The van der Waals surface area contributed by atoms with Crippen molar-refractivity contribution < 1.29 is 61.9 Å². The molecule has 0 saturated carbocycles. The van der Waals surface area contributed by atoms with E-state index in [1.165, 1.54) is 0 Å². The molecule has 0 N–H and O–H groups in total. The predicted molar refractivity (Wildman–Crippen MR) is 113 cm³/mol. The zero-order valence-electron chi connectivity index (χ0n) is 20.4. The largest absolute Gasteiger partial charge is 0.466 e. The Bertz CT molecular complexity index is 777. The summed E-state index contributed by atoms with van der Waals surface area (Å²) < 4.78 is 36.4. The first-order valence-electron chi connectivity index (χ1n) is 11.1. The van der Waals surface area contributed by atoms with Crippen LogP contribution in [0, 0.1) is 0 Å². The molecule has 0 unspecified atom stereocenters. The molecule has 0 radical (unpaired) electrons. The average Bonchev–Trinajstić information content (AvgIpc) is 2.73. The average molecular weight is 504 g/mol. The molecule has 35 heavy (non-hydrogen) atoms. The molecule has 13 heteroatoms. The Kier molecular flexibility index (Phi) is 12.7. The maximum atomic E-state index is 12.2. The summed E-state index contributed by atoms with van der Waals surface area (Å²) in [5.74, 6) is -4.17. The van der Waals surface area contributed by atoms with Crippen LogP contribution in [0.3, 0.4) is 0 Å². The van der Waals surface area contributed by atoms with Crippen LogP contribution in [-0.2, 0) is 61.9 Å². The fraction of sp³-hybridized carbons (Fsp3) is 0.727. The molecule has 5 atom stereocenters. The minimum absolute atomic E-state index is 0.0127. The molecule has 0 aromatic carbocycles. The van der Waals surface area contributed by atoms with Gasteiger partial charge < -0.3 is 33.2 Å². The number of esters is 6. The smallest absolute Gasteiger partial charge is 0.305 e. The van der Waals surface area contributed by atoms with Crippen LogP contribution in [-0.4, -0.2) is 79.7 Å². The van der Waals surface area contributed by atoms with E-state index in [1.807, 2.05) is 0 Å². The highest BCUT2D eigenvalue weighted by atomic mass is 16.7. The summed E-state index contributed by atoms with van der Waals surface area (Å²) in [5, 5.41) is 0. The van der Waals surface area contributed by atoms with E-state index in [4.69, 9.17) is 33.2 Å². The monoisotopic (exact) mass is 504 g/mol. The van der Waals surface area contributed by atoms with Gasteiger partial charge in [0.05, 0.1) is 6.61 Å². The standard InChI is InChI=1S/C22H32O13/c1-6-29-17(27)9-7-8-10-18(28)30-11-16-19(31-12(2)23)20(32-13(3)24)21(33-14(4)25)22(35-16)34-15(5)26/h16,19-22H,6-11H2,1-5H3/t16-,19-,20+,21-,22-/m1/s1. The summed E-state index contributed by atoms with van der Waals surface area (Å²) in [7, 11) is 0. The first-order valence-corrected chi connectivity index (χ1v) is 11.1. The van der Waals surface area contributed by atoms with E-state index in [1.54, 1.807) is 6.92 Å². The molecule has 0 amide bonds. The second kappa shape index (κ2) is 14.9. The number of hydrogen-bond acceptors (Lipinski definition) is 13. The number of unbranched alkanes of at least 4 members (excludes halogenated alkanes) is 1. The number of carbonyl (C=O) groups excluding carboxylic acids is 6. The Morgan fingerprint density at radius 3 is 1.57 bits per heavy atom. The van der Waals surface area contributed by atoms with E-state index in [9.17, 15) is 28.8 Å². The highest BCUT2D eigenvalue weighted by Gasteiger charge is 2.53. The second-order valence-electron chi connectivity index (χ2n) is 7.57. The van der Waals surface area contributed by atoms with Gasteiger partial charge in [0.25, 0.3) is 0 Å². The molecule has 198 valence electrons. The second-order valence-corrected chi connectivity index (χ2v) is 7.57. The predicted octanol–water partition coefficient (Wildman–Crippen LogP) is 0.736. The molecular formula is C22H32O13. The lowest BCUT2D eigenvalue weighted by molar-refractivity contribution is -0.300. The molecule has 0 spiro atoms. The minimum Gasteiger partial charge on any atom is -0.466 e. The van der Waals surface area contributed by atoms with E-state index in [0.717, 1.165) is 27.7 Å². The lowest BCUT2D eigenvalue weighted by Gasteiger charge is -2.43. The molecule has 13 nitrogen and oxygen atoms in total. The van der Waals surface area contributed by atoms with Crippen molar-refractivity contribution in [3.8, 4) is 0 Å². The molecule has 0 aliphatic carbocycles. The van der Waals surface area contributed by atoms with Crippen LogP contribution in [0.5, 0.6) is 0 Å². The summed E-state index contributed by atoms with van der Waals surface area (Å²) in [4.78, 5) is 70.2. The van der Waals surface area contributed by atoms with Crippen molar-refractivity contribution >= 4 is 35.8 Å². The van der Waals surface area contributed by atoms with Gasteiger partial charge in [0.2, 0.25) is 12.4 Å². The van der Waals surface area contributed by atoms with Crippen LogP contribution in [0.1, 0.15) is 60.3 Å². The van der Waals surface area contributed by atoms with Crippen LogP contribution in [0.15, 0.2) is 0 Å². The highest BCUT2D eigenvalue weighted by molar-refractivity contribution is 5.71. The molecule has 1 fully saturated rings. The lowest BCUT2D eigenvalue weighted by atomic mass is 9.98. The molecule has 0 aromatic heterocycles. The number of hydrogen-bond donors (Lipinski definition) is 0. The van der Waals surface area contributed by atoms with Gasteiger partial charge in [-0.15, -0.1) is 0 Å². The zero-order valence-corrected chi connectivity index (χ0v) is 20.4. The van der Waals surface area contributed by atoms with E-state index in [-0.39, 0.29) is 25.4 Å². The molecule has 0 bridgehead atoms. The highest BCUT2D eigenvalue weighted by Crippen LogP contribution is 2.30. The normalized spacial score (nSPS) is 23.4. The van der Waals surface area contributed by atoms with Crippen LogP contribution in [0.25, 0.3) is 0 Å². The Labute approximate surface area is 202 Å². The molecule has 1 heterocycles. The summed E-state index contributed by atoms with van der Waals surface area (Å²) in [6, 6.07) is 0. The van der Waals surface area contributed by atoms with Crippen LogP contribution in [0.2, 0.25) is 0 Å². The first kappa shape index (κ1) is 29.8. The maximum Gasteiger partial charge on any atom is 0.305 e. The molecule has 1 aliphatic rings. The van der Waals surface area contributed by atoms with Gasteiger partial charge in [-0.1, -0.05) is 0 Å². The van der Waals surface area contributed by atoms with Gasteiger partial charge in [0, 0.05) is 40.5 Å². The Morgan fingerprint density at radius 2 is 1.09 bits per heavy atom. The van der Waals surface area contributed by atoms with Crippen molar-refractivity contribution in [2.24, 2.45) is 0 Å². The number of ether oxygens (including phenoxy) is 7. The zero-order chi connectivity index (χ0) is 26.5. The lowest BCUT2D eigenvalue weighted by Crippen LogP contribution is -2.63. The Hall–Kier alpha value is -3.22. The van der Waals surface area contributed by atoms with Gasteiger partial charge in [0.1, 0.15) is 12.7 Å². The Morgan fingerprint density at radius 1 is 0.629 bits per heavy atom. The third-order valence-corrected chi connectivity index (χ3v) is 4.51. The fourth-order valence-corrected chi connectivity index (χ4v) is 3.27. The SMILES string of the molecule is CCOC(=O)CCCCC(=O)OC[C@H]1O[C@@H](OC(C)=O)[C@H](OC(C)=O)[C@@H](OC(C)=O)[C@@H]1OC(C)=O. The minimum atomic E-state index is -1.54. The van der Waals surface area contributed by atoms with Crippen molar-refractivity contribution in [3.63, 3.8) is 0 Å². The quantitative estimate of drug-likeness (QED) is 0.207. The molecule has 1 saturated heterocycles. The van der Waals surface area contributed by atoms with Crippen molar-refractivity contribution in [1.29, 1.82) is 0 Å². The number of carbonyl (C=O) groups is 6.